The summed E-state index contributed by atoms with van der Waals surface area (Å²) in [6, 6.07) is 25.9. The molecule has 3 aromatic carbocycles. The average Bonchev–Trinajstić information content (AvgIpc) is 3.54. The third-order valence-corrected chi connectivity index (χ3v) is 7.99. The van der Waals surface area contributed by atoms with E-state index in [0.29, 0.717) is 31.6 Å². The van der Waals surface area contributed by atoms with E-state index in [1.807, 2.05) is 98.8 Å². The van der Waals surface area contributed by atoms with E-state index in [1.54, 1.807) is 11.2 Å². The van der Waals surface area contributed by atoms with Crippen molar-refractivity contribution >= 4 is 29.2 Å². The van der Waals surface area contributed by atoms with Gasteiger partial charge in [0, 0.05) is 29.8 Å². The van der Waals surface area contributed by atoms with Crippen molar-refractivity contribution in [2.24, 2.45) is 0 Å². The van der Waals surface area contributed by atoms with Gasteiger partial charge in [-0.15, -0.1) is 0 Å². The summed E-state index contributed by atoms with van der Waals surface area (Å²) in [5.41, 5.74) is 4.70. The molecule has 10 heteroatoms. The highest BCUT2D eigenvalue weighted by Gasteiger charge is 2.32. The highest BCUT2D eigenvalue weighted by molar-refractivity contribution is 6.00. The van der Waals surface area contributed by atoms with E-state index in [-0.39, 0.29) is 31.4 Å². The fraction of sp³-hybridized carbons (Fsp3) is 0.306. The van der Waals surface area contributed by atoms with Gasteiger partial charge in [-0.25, -0.2) is 4.79 Å². The number of anilines is 2. The first kappa shape index (κ1) is 32.5. The van der Waals surface area contributed by atoms with Gasteiger partial charge in [0.15, 0.2) is 0 Å². The molecule has 1 atom stereocenters. The minimum Gasteiger partial charge on any atom is -0.468 e. The number of urea groups is 1. The van der Waals surface area contributed by atoms with Crippen LogP contribution in [0.5, 0.6) is 0 Å². The van der Waals surface area contributed by atoms with Gasteiger partial charge in [-0.3, -0.25) is 9.59 Å². The molecule has 5 N–H and O–H groups in total. The number of aryl methyl sites for hydroxylation is 1. The summed E-state index contributed by atoms with van der Waals surface area (Å²) in [7, 11) is 0. The second-order valence-corrected chi connectivity index (χ2v) is 12.1. The predicted octanol–water partition coefficient (Wildman–Crippen LogP) is 4.98. The average molecular weight is 624 g/mol. The lowest BCUT2D eigenvalue weighted by Gasteiger charge is -2.29. The number of benzene rings is 3. The Morgan fingerprint density at radius 3 is 2.50 bits per heavy atom. The number of fused-ring (bicyclic) bond motifs is 1. The largest absolute Gasteiger partial charge is 0.468 e. The van der Waals surface area contributed by atoms with Gasteiger partial charge < -0.3 is 35.7 Å². The number of para-hydroxylation sites is 2. The van der Waals surface area contributed by atoms with Crippen molar-refractivity contribution in [2.75, 3.05) is 23.4 Å². The molecule has 0 unspecified atom stereocenters. The number of rotatable bonds is 12. The predicted molar refractivity (Wildman–Crippen MR) is 178 cm³/mol. The molecule has 5 rings (SSSR count). The van der Waals surface area contributed by atoms with Crippen molar-refractivity contribution in [1.82, 2.24) is 16.0 Å². The van der Waals surface area contributed by atoms with Crippen LogP contribution >= 0.6 is 0 Å². The number of aliphatic hydroxyl groups excluding tert-OH is 1. The highest BCUT2D eigenvalue weighted by atomic mass is 16.3. The molecular formula is C36H41N5O5. The lowest BCUT2D eigenvalue weighted by Crippen LogP contribution is -2.50. The van der Waals surface area contributed by atoms with Gasteiger partial charge in [0.05, 0.1) is 31.6 Å². The van der Waals surface area contributed by atoms with Crippen molar-refractivity contribution in [3.05, 3.63) is 108 Å². The topological polar surface area (TPSA) is 136 Å². The number of amides is 4. The highest BCUT2D eigenvalue weighted by Crippen LogP contribution is 2.31. The number of aliphatic hydroxyl groups is 1. The molecule has 0 saturated heterocycles. The van der Waals surface area contributed by atoms with Crippen molar-refractivity contribution in [3.63, 3.8) is 0 Å². The van der Waals surface area contributed by atoms with E-state index in [0.717, 1.165) is 33.7 Å². The quantitative estimate of drug-likeness (QED) is 0.151. The summed E-state index contributed by atoms with van der Waals surface area (Å²) in [5, 5.41) is 20.8. The standard InChI is InChI=1S/C36H41N5O5/c1-36(2,38-23-28-9-7-21-46-28)22-33(43)39-31-18-17-27-8-3-6-12-32(27)41(34(31)44)24-25-13-15-26(16-14-25)29-10-4-5-11-30(29)40-35(45)37-19-20-42/h3-16,21,31,38,42H,17-20,22-24H2,1-2H3,(H,39,43)(H2,37,40,45)/t31-/m1/s1. The van der Waals surface area contributed by atoms with Crippen molar-refractivity contribution in [1.29, 1.82) is 0 Å². The van der Waals surface area contributed by atoms with Gasteiger partial charge in [-0.1, -0.05) is 60.7 Å². The molecule has 0 radical (unpaired) electrons. The Bertz CT molecular complexity index is 1630. The molecular weight excluding hydrogens is 582 g/mol. The zero-order valence-electron chi connectivity index (χ0n) is 26.2. The van der Waals surface area contributed by atoms with Gasteiger partial charge in [-0.2, -0.15) is 0 Å². The van der Waals surface area contributed by atoms with Gasteiger partial charge in [0.1, 0.15) is 11.8 Å². The number of carbonyl (C=O) groups excluding carboxylic acids is 3. The van der Waals surface area contributed by atoms with Gasteiger partial charge in [0.2, 0.25) is 11.8 Å². The third kappa shape index (κ3) is 8.41. The van der Waals surface area contributed by atoms with E-state index < -0.39 is 17.6 Å². The molecule has 1 aliphatic rings. The number of carbonyl (C=O) groups is 3. The fourth-order valence-electron chi connectivity index (χ4n) is 5.61. The van der Waals surface area contributed by atoms with E-state index in [4.69, 9.17) is 9.52 Å². The lowest BCUT2D eigenvalue weighted by molar-refractivity contribution is -0.128. The first-order chi connectivity index (χ1) is 22.2. The summed E-state index contributed by atoms with van der Waals surface area (Å²) < 4.78 is 5.40. The Morgan fingerprint density at radius 2 is 1.74 bits per heavy atom. The van der Waals surface area contributed by atoms with Gasteiger partial charge in [0.25, 0.3) is 0 Å². The van der Waals surface area contributed by atoms with E-state index in [2.05, 4.69) is 21.3 Å². The zero-order chi connectivity index (χ0) is 32.5. The van der Waals surface area contributed by atoms with Gasteiger partial charge in [-0.05, 0) is 67.6 Å². The summed E-state index contributed by atoms with van der Waals surface area (Å²) in [6.45, 7) is 4.76. The van der Waals surface area contributed by atoms with E-state index in [1.165, 1.54) is 0 Å². The Kier molecular flexibility index (Phi) is 10.5. The molecule has 46 heavy (non-hydrogen) atoms. The van der Waals surface area contributed by atoms with Gasteiger partial charge >= 0.3 is 6.03 Å². The van der Waals surface area contributed by atoms with Crippen LogP contribution in [0.3, 0.4) is 0 Å². The number of hydrogen-bond donors (Lipinski definition) is 5. The van der Waals surface area contributed by atoms with Crippen LogP contribution in [0.4, 0.5) is 16.2 Å². The summed E-state index contributed by atoms with van der Waals surface area (Å²) >= 11 is 0. The second-order valence-electron chi connectivity index (χ2n) is 12.1. The minimum atomic E-state index is -0.657. The first-order valence-corrected chi connectivity index (χ1v) is 15.5. The number of furan rings is 1. The summed E-state index contributed by atoms with van der Waals surface area (Å²) in [5.74, 6) is 0.450. The SMILES string of the molecule is CC(C)(CC(=O)N[C@@H]1CCc2ccccc2N(Cc2ccc(-c3ccccc3NC(=O)NCCO)cc2)C1=O)NCc1ccco1. The zero-order valence-corrected chi connectivity index (χ0v) is 26.2. The van der Waals surface area contributed by atoms with Crippen LogP contribution in [0, 0.1) is 0 Å². The van der Waals surface area contributed by atoms with Crippen LogP contribution < -0.4 is 26.2 Å². The van der Waals surface area contributed by atoms with Crippen LogP contribution in [0.25, 0.3) is 11.1 Å². The van der Waals surface area contributed by atoms with Crippen LogP contribution in [-0.4, -0.2) is 47.7 Å². The molecule has 4 aromatic rings. The van der Waals surface area contributed by atoms with Crippen LogP contribution in [0.15, 0.2) is 95.6 Å². The molecule has 1 aliphatic heterocycles. The molecule has 0 aliphatic carbocycles. The lowest BCUT2D eigenvalue weighted by atomic mass is 9.99. The molecule has 240 valence electrons. The van der Waals surface area contributed by atoms with E-state index in [9.17, 15) is 14.4 Å². The summed E-state index contributed by atoms with van der Waals surface area (Å²) in [4.78, 5) is 41.2. The van der Waals surface area contributed by atoms with Crippen molar-refractivity contribution in [2.45, 2.75) is 57.8 Å². The Hall–Kier alpha value is -4.93. The Morgan fingerprint density at radius 1 is 0.978 bits per heavy atom. The second kappa shape index (κ2) is 14.9. The monoisotopic (exact) mass is 623 g/mol. The third-order valence-electron chi connectivity index (χ3n) is 7.99. The van der Waals surface area contributed by atoms with Crippen LogP contribution in [0.2, 0.25) is 0 Å². The Balaban J connectivity index is 1.29. The molecule has 1 aromatic heterocycles. The number of nitrogens with one attached hydrogen (secondary N) is 4. The van der Waals surface area contributed by atoms with E-state index >= 15 is 0 Å². The maximum atomic E-state index is 14.0. The minimum absolute atomic E-state index is 0.142. The van der Waals surface area contributed by atoms with Crippen LogP contribution in [0.1, 0.15) is 43.6 Å². The van der Waals surface area contributed by atoms with Crippen molar-refractivity contribution in [3.8, 4) is 11.1 Å². The number of hydrogen-bond acceptors (Lipinski definition) is 6. The van der Waals surface area contributed by atoms with Crippen molar-refractivity contribution < 1.29 is 23.9 Å². The number of nitrogens with zero attached hydrogens (tertiary/aromatic N) is 1. The molecule has 0 fully saturated rings. The molecule has 2 heterocycles. The first-order valence-electron chi connectivity index (χ1n) is 15.5. The molecule has 10 nitrogen and oxygen atoms in total. The maximum Gasteiger partial charge on any atom is 0.319 e. The molecule has 0 spiro atoms. The fourth-order valence-corrected chi connectivity index (χ4v) is 5.61. The Labute approximate surface area is 269 Å². The normalized spacial score (nSPS) is 14.7. The summed E-state index contributed by atoms with van der Waals surface area (Å²) in [6.07, 6.45) is 2.99. The molecule has 4 amide bonds. The smallest absolute Gasteiger partial charge is 0.319 e. The van der Waals surface area contributed by atoms with Crippen LogP contribution in [-0.2, 0) is 29.1 Å². The maximum absolute atomic E-state index is 14.0. The molecule has 0 saturated carbocycles. The molecule has 0 bridgehead atoms.